The third kappa shape index (κ3) is 5.05. The van der Waals surface area contributed by atoms with E-state index in [4.69, 9.17) is 19.3 Å². The van der Waals surface area contributed by atoms with E-state index in [2.05, 4.69) is 5.32 Å². The van der Waals surface area contributed by atoms with E-state index in [1.54, 1.807) is 19.2 Å². The number of carbonyl (C=O) groups is 1. The van der Waals surface area contributed by atoms with Crippen molar-refractivity contribution in [1.82, 2.24) is 0 Å². The van der Waals surface area contributed by atoms with Crippen LogP contribution in [-0.2, 0) is 6.54 Å². The van der Waals surface area contributed by atoms with Gasteiger partial charge in [0, 0.05) is 6.54 Å². The van der Waals surface area contributed by atoms with Crippen LogP contribution in [-0.4, -0.2) is 30.9 Å². The molecule has 2 aromatic rings. The van der Waals surface area contributed by atoms with Gasteiger partial charge >= 0.3 is 5.97 Å². The molecule has 0 amide bonds. The number of aromatic carboxylic acids is 1. The van der Waals surface area contributed by atoms with Crippen LogP contribution in [0.3, 0.4) is 0 Å². The first kappa shape index (κ1) is 19.4. The lowest BCUT2D eigenvalue weighted by atomic mass is 10.1. The number of ether oxygens (including phenoxy) is 3. The maximum Gasteiger partial charge on any atom is 0.335 e. The van der Waals surface area contributed by atoms with Gasteiger partial charge in [-0.15, -0.1) is 0 Å². The summed E-state index contributed by atoms with van der Waals surface area (Å²) >= 11 is 0. The molecule has 0 unspecified atom stereocenters. The van der Waals surface area contributed by atoms with E-state index in [1.165, 1.54) is 6.07 Å². The second kappa shape index (κ2) is 8.99. The van der Waals surface area contributed by atoms with Gasteiger partial charge in [-0.05, 0) is 56.7 Å². The molecule has 26 heavy (non-hydrogen) atoms. The number of anilines is 1. The molecular formula is C20H25NO5. The minimum Gasteiger partial charge on any atom is -0.495 e. The Hall–Kier alpha value is -2.89. The van der Waals surface area contributed by atoms with Crippen molar-refractivity contribution < 1.29 is 24.1 Å². The normalized spacial score (nSPS) is 10.5. The summed E-state index contributed by atoms with van der Waals surface area (Å²) in [5.74, 6) is 0.993. The van der Waals surface area contributed by atoms with Gasteiger partial charge in [0.05, 0.1) is 31.1 Å². The highest BCUT2D eigenvalue weighted by molar-refractivity contribution is 5.89. The first-order chi connectivity index (χ1) is 12.4. The number of benzene rings is 2. The minimum absolute atomic E-state index is 0.0567. The van der Waals surface area contributed by atoms with Gasteiger partial charge in [-0.2, -0.15) is 0 Å². The number of hydrogen-bond donors (Lipinski definition) is 2. The van der Waals surface area contributed by atoms with Gasteiger partial charge in [-0.1, -0.05) is 6.07 Å². The van der Waals surface area contributed by atoms with Crippen molar-refractivity contribution in [3.8, 4) is 17.2 Å². The highest BCUT2D eigenvalue weighted by Crippen LogP contribution is 2.31. The Bertz CT molecular complexity index is 758. The fraction of sp³-hybridized carbons (Fsp3) is 0.350. The van der Waals surface area contributed by atoms with Crippen molar-refractivity contribution in [1.29, 1.82) is 0 Å². The predicted molar refractivity (Wildman–Crippen MR) is 101 cm³/mol. The van der Waals surface area contributed by atoms with E-state index >= 15 is 0 Å². The Morgan fingerprint density at radius 2 is 1.85 bits per heavy atom. The van der Waals surface area contributed by atoms with Crippen molar-refractivity contribution >= 4 is 11.7 Å². The maximum absolute atomic E-state index is 11.2. The molecule has 2 aromatic carbocycles. The Morgan fingerprint density at radius 3 is 2.46 bits per heavy atom. The lowest BCUT2D eigenvalue weighted by molar-refractivity contribution is 0.0697. The summed E-state index contributed by atoms with van der Waals surface area (Å²) in [5.41, 5.74) is 1.80. The molecule has 6 heteroatoms. The zero-order valence-corrected chi connectivity index (χ0v) is 15.5. The van der Waals surface area contributed by atoms with Gasteiger partial charge in [0.15, 0.2) is 11.5 Å². The second-order valence-corrected chi connectivity index (χ2v) is 5.95. The molecule has 6 nitrogen and oxygen atoms in total. The molecule has 0 saturated carbocycles. The van der Waals surface area contributed by atoms with Crippen molar-refractivity contribution in [2.45, 2.75) is 33.4 Å². The van der Waals surface area contributed by atoms with Gasteiger partial charge < -0.3 is 24.6 Å². The van der Waals surface area contributed by atoms with E-state index in [-0.39, 0.29) is 11.7 Å². The number of hydrogen-bond acceptors (Lipinski definition) is 5. The van der Waals surface area contributed by atoms with E-state index in [0.29, 0.717) is 36.1 Å². The molecule has 0 aliphatic carbocycles. The lowest BCUT2D eigenvalue weighted by Crippen LogP contribution is -2.08. The van der Waals surface area contributed by atoms with E-state index in [1.807, 2.05) is 39.0 Å². The molecule has 140 valence electrons. The highest BCUT2D eigenvalue weighted by Gasteiger charge is 2.11. The topological polar surface area (TPSA) is 77.0 Å². The van der Waals surface area contributed by atoms with Gasteiger partial charge in [0.25, 0.3) is 0 Å². The standard InChI is InChI=1S/C20H25NO5/c1-5-25-19-10-14(6-8-18(19)26-13(2)3)12-21-16-11-15(20(22)23)7-9-17(16)24-4/h6-11,13,21H,5,12H2,1-4H3,(H,22,23). The predicted octanol–water partition coefficient (Wildman–Crippen LogP) is 4.19. The quantitative estimate of drug-likeness (QED) is 0.699. The first-order valence-corrected chi connectivity index (χ1v) is 8.52. The van der Waals surface area contributed by atoms with Crippen LogP contribution in [0.5, 0.6) is 17.2 Å². The van der Waals surface area contributed by atoms with Crippen LogP contribution in [0.15, 0.2) is 36.4 Å². The van der Waals surface area contributed by atoms with Crippen molar-refractivity contribution in [2.75, 3.05) is 19.0 Å². The molecule has 0 aliphatic heterocycles. The second-order valence-electron chi connectivity index (χ2n) is 5.95. The van der Waals surface area contributed by atoms with Crippen molar-refractivity contribution in [2.24, 2.45) is 0 Å². The number of carboxylic acids is 1. The number of carboxylic acid groups (broad SMARTS) is 1. The first-order valence-electron chi connectivity index (χ1n) is 8.52. The summed E-state index contributed by atoms with van der Waals surface area (Å²) in [4.78, 5) is 11.2. The van der Waals surface area contributed by atoms with Crippen LogP contribution in [0.2, 0.25) is 0 Å². The fourth-order valence-corrected chi connectivity index (χ4v) is 2.46. The Kier molecular flexibility index (Phi) is 6.72. The van der Waals surface area contributed by atoms with Crippen molar-refractivity contribution in [3.05, 3.63) is 47.5 Å². The van der Waals surface area contributed by atoms with Gasteiger partial charge in [-0.25, -0.2) is 4.79 Å². The van der Waals surface area contributed by atoms with Crippen LogP contribution in [0.25, 0.3) is 0 Å². The van der Waals surface area contributed by atoms with E-state index in [0.717, 1.165) is 5.56 Å². The fourth-order valence-electron chi connectivity index (χ4n) is 2.46. The Balaban J connectivity index is 2.20. The summed E-state index contributed by atoms with van der Waals surface area (Å²) < 4.78 is 16.7. The number of methoxy groups -OCH3 is 1. The molecule has 0 spiro atoms. The molecule has 0 radical (unpaired) electrons. The average molecular weight is 359 g/mol. The highest BCUT2D eigenvalue weighted by atomic mass is 16.5. The smallest absolute Gasteiger partial charge is 0.335 e. The molecule has 0 heterocycles. The summed E-state index contributed by atoms with van der Waals surface area (Å²) in [6.45, 7) is 6.88. The van der Waals surface area contributed by atoms with Crippen molar-refractivity contribution in [3.63, 3.8) is 0 Å². The Morgan fingerprint density at radius 1 is 1.12 bits per heavy atom. The number of nitrogens with one attached hydrogen (secondary N) is 1. The molecular weight excluding hydrogens is 334 g/mol. The summed E-state index contributed by atoms with van der Waals surface area (Å²) in [5, 5.41) is 12.4. The third-order valence-corrected chi connectivity index (χ3v) is 3.60. The SMILES string of the molecule is CCOc1cc(CNc2cc(C(=O)O)ccc2OC)ccc1OC(C)C. The molecule has 0 atom stereocenters. The largest absolute Gasteiger partial charge is 0.495 e. The summed E-state index contributed by atoms with van der Waals surface area (Å²) in [6, 6.07) is 10.4. The van der Waals surface area contributed by atoms with Crippen LogP contribution in [0.4, 0.5) is 5.69 Å². The van der Waals surface area contributed by atoms with E-state index < -0.39 is 5.97 Å². The molecule has 0 fully saturated rings. The monoisotopic (exact) mass is 359 g/mol. The molecule has 0 aromatic heterocycles. The summed E-state index contributed by atoms with van der Waals surface area (Å²) in [7, 11) is 1.55. The van der Waals surface area contributed by atoms with Crippen LogP contribution < -0.4 is 19.5 Å². The minimum atomic E-state index is -0.982. The van der Waals surface area contributed by atoms with Gasteiger partial charge in [0.1, 0.15) is 5.75 Å². The van der Waals surface area contributed by atoms with Crippen LogP contribution in [0, 0.1) is 0 Å². The average Bonchev–Trinajstić information content (AvgIpc) is 2.61. The number of rotatable bonds is 9. The molecule has 0 saturated heterocycles. The third-order valence-electron chi connectivity index (χ3n) is 3.60. The van der Waals surface area contributed by atoms with Gasteiger partial charge in [-0.3, -0.25) is 0 Å². The molecule has 0 bridgehead atoms. The van der Waals surface area contributed by atoms with E-state index in [9.17, 15) is 4.79 Å². The summed E-state index contributed by atoms with van der Waals surface area (Å²) in [6.07, 6.45) is 0.0567. The van der Waals surface area contributed by atoms with Gasteiger partial charge in [0.2, 0.25) is 0 Å². The molecule has 2 N–H and O–H groups in total. The molecule has 2 rings (SSSR count). The van der Waals surface area contributed by atoms with Crippen LogP contribution >= 0.6 is 0 Å². The lowest BCUT2D eigenvalue weighted by Gasteiger charge is -2.16. The molecule has 0 aliphatic rings. The Labute approximate surface area is 153 Å². The zero-order valence-electron chi connectivity index (χ0n) is 15.5. The van der Waals surface area contributed by atoms with Crippen LogP contribution in [0.1, 0.15) is 36.7 Å². The zero-order chi connectivity index (χ0) is 19.1. The maximum atomic E-state index is 11.2.